The second-order valence-corrected chi connectivity index (χ2v) is 7.77. The van der Waals surface area contributed by atoms with Crippen LogP contribution in [0.3, 0.4) is 0 Å². The van der Waals surface area contributed by atoms with Gasteiger partial charge in [0.2, 0.25) is 0 Å². The topological polar surface area (TPSA) is 65.4 Å². The number of ether oxygens (including phenoxy) is 2. The highest BCUT2D eigenvalue weighted by Gasteiger charge is 2.19. The predicted octanol–water partition coefficient (Wildman–Crippen LogP) is 5.05. The lowest BCUT2D eigenvalue weighted by Crippen LogP contribution is -2.20. The molecule has 30 heavy (non-hydrogen) atoms. The minimum absolute atomic E-state index is 0.0741. The molecule has 1 aliphatic heterocycles. The number of rotatable bonds is 7. The van der Waals surface area contributed by atoms with Crippen molar-refractivity contribution in [3.63, 3.8) is 0 Å². The first-order valence-electron chi connectivity index (χ1n) is 9.71. The quantitative estimate of drug-likeness (QED) is 0.552. The van der Waals surface area contributed by atoms with Gasteiger partial charge in [0.05, 0.1) is 34.5 Å². The minimum atomic E-state index is -0.281. The van der Waals surface area contributed by atoms with Crippen LogP contribution in [0.4, 0.5) is 5.82 Å². The van der Waals surface area contributed by atoms with Crippen molar-refractivity contribution >= 4 is 34.9 Å². The van der Waals surface area contributed by atoms with Crippen LogP contribution in [0.5, 0.6) is 5.75 Å². The summed E-state index contributed by atoms with van der Waals surface area (Å²) in [5, 5.41) is 8.14. The number of nitrogens with zero attached hydrogens (tertiary/aromatic N) is 2. The Hall–Kier alpha value is -2.54. The molecule has 0 saturated carbocycles. The van der Waals surface area contributed by atoms with Crippen LogP contribution >= 0.6 is 23.2 Å². The number of halogens is 2. The van der Waals surface area contributed by atoms with Crippen molar-refractivity contribution in [2.75, 3.05) is 18.5 Å². The summed E-state index contributed by atoms with van der Waals surface area (Å²) in [6.45, 7) is 1.56. The summed E-state index contributed by atoms with van der Waals surface area (Å²) >= 11 is 12.4. The summed E-state index contributed by atoms with van der Waals surface area (Å²) in [6, 6.07) is 14.3. The number of carbonyl (C=O) groups is 1. The molecule has 1 atom stereocenters. The number of para-hydroxylation sites is 1. The third-order valence-corrected chi connectivity index (χ3v) is 5.75. The zero-order valence-electron chi connectivity index (χ0n) is 16.2. The first-order chi connectivity index (χ1) is 14.6. The zero-order valence-corrected chi connectivity index (χ0v) is 17.7. The van der Waals surface area contributed by atoms with E-state index in [9.17, 15) is 4.79 Å². The molecule has 1 fully saturated rings. The molecule has 1 saturated heterocycles. The summed E-state index contributed by atoms with van der Waals surface area (Å²) in [5.41, 5.74) is 1.26. The van der Waals surface area contributed by atoms with Gasteiger partial charge in [0, 0.05) is 12.7 Å². The molecule has 0 unspecified atom stereocenters. The number of nitrogens with one attached hydrogen (secondary N) is 1. The van der Waals surface area contributed by atoms with E-state index in [1.165, 1.54) is 0 Å². The van der Waals surface area contributed by atoms with E-state index in [2.05, 4.69) is 10.4 Å². The molecule has 0 bridgehead atoms. The molecule has 156 valence electrons. The fraction of sp³-hybridized carbons (Fsp3) is 0.273. The summed E-state index contributed by atoms with van der Waals surface area (Å²) in [4.78, 5) is 12.9. The molecule has 2 heterocycles. The largest absolute Gasteiger partial charge is 0.490 e. The van der Waals surface area contributed by atoms with E-state index in [1.54, 1.807) is 41.2 Å². The van der Waals surface area contributed by atoms with Crippen molar-refractivity contribution in [2.24, 2.45) is 0 Å². The molecule has 6 nitrogen and oxygen atoms in total. The van der Waals surface area contributed by atoms with Crippen molar-refractivity contribution in [3.05, 3.63) is 75.9 Å². The lowest BCUT2D eigenvalue weighted by molar-refractivity contribution is 0.0673. The van der Waals surface area contributed by atoms with Gasteiger partial charge in [-0.3, -0.25) is 4.79 Å². The third kappa shape index (κ3) is 4.78. The van der Waals surface area contributed by atoms with Crippen LogP contribution < -0.4 is 10.1 Å². The summed E-state index contributed by atoms with van der Waals surface area (Å²) < 4.78 is 13.1. The standard InChI is InChI=1S/C22H21Cl2N3O3/c23-18-8-3-5-15(21(18)24)13-27-20(10-11-25-27)26-22(28)17-7-1-2-9-19(17)30-14-16-6-4-12-29-16/h1-3,5,7-11,16H,4,6,12-14H2,(H,26,28)/t16-/m1/s1. The summed E-state index contributed by atoms with van der Waals surface area (Å²) in [7, 11) is 0. The molecule has 1 amide bonds. The molecule has 2 aromatic carbocycles. The fourth-order valence-electron chi connectivity index (χ4n) is 3.32. The maximum atomic E-state index is 12.9. The average Bonchev–Trinajstić information content (AvgIpc) is 3.42. The zero-order chi connectivity index (χ0) is 20.9. The van der Waals surface area contributed by atoms with Gasteiger partial charge in [-0.15, -0.1) is 0 Å². The smallest absolute Gasteiger partial charge is 0.260 e. The Morgan fingerprint density at radius 2 is 2.07 bits per heavy atom. The van der Waals surface area contributed by atoms with Crippen LogP contribution in [0.2, 0.25) is 10.0 Å². The lowest BCUT2D eigenvalue weighted by Gasteiger charge is -2.15. The van der Waals surface area contributed by atoms with Crippen LogP contribution in [0.15, 0.2) is 54.7 Å². The summed E-state index contributed by atoms with van der Waals surface area (Å²) in [6.07, 6.45) is 3.70. The summed E-state index contributed by atoms with van der Waals surface area (Å²) in [5.74, 6) is 0.788. The van der Waals surface area contributed by atoms with Gasteiger partial charge in [-0.1, -0.05) is 47.5 Å². The number of anilines is 1. The Kier molecular flexibility index (Phi) is 6.57. The number of amides is 1. The molecular formula is C22H21Cl2N3O3. The minimum Gasteiger partial charge on any atom is -0.490 e. The highest BCUT2D eigenvalue weighted by molar-refractivity contribution is 6.42. The van der Waals surface area contributed by atoms with E-state index in [-0.39, 0.29) is 12.0 Å². The van der Waals surface area contributed by atoms with Crippen LogP contribution in [-0.2, 0) is 11.3 Å². The maximum absolute atomic E-state index is 12.9. The van der Waals surface area contributed by atoms with Crippen LogP contribution in [0.1, 0.15) is 28.8 Å². The number of benzene rings is 2. The molecule has 3 aromatic rings. The third-order valence-electron chi connectivity index (χ3n) is 4.89. The van der Waals surface area contributed by atoms with Crippen LogP contribution in [0.25, 0.3) is 0 Å². The predicted molar refractivity (Wildman–Crippen MR) is 117 cm³/mol. The van der Waals surface area contributed by atoms with E-state index in [0.717, 1.165) is 25.0 Å². The normalized spacial score (nSPS) is 15.9. The van der Waals surface area contributed by atoms with Gasteiger partial charge in [-0.25, -0.2) is 4.68 Å². The first-order valence-corrected chi connectivity index (χ1v) is 10.5. The van der Waals surface area contributed by atoms with Gasteiger partial charge < -0.3 is 14.8 Å². The van der Waals surface area contributed by atoms with Gasteiger partial charge in [-0.2, -0.15) is 5.10 Å². The monoisotopic (exact) mass is 445 g/mol. The molecule has 0 radical (unpaired) electrons. The Balaban J connectivity index is 1.47. The maximum Gasteiger partial charge on any atom is 0.260 e. The van der Waals surface area contributed by atoms with Crippen molar-refractivity contribution in [1.82, 2.24) is 9.78 Å². The van der Waals surface area contributed by atoms with E-state index < -0.39 is 0 Å². The van der Waals surface area contributed by atoms with E-state index in [4.69, 9.17) is 32.7 Å². The molecule has 8 heteroatoms. The lowest BCUT2D eigenvalue weighted by atomic mass is 10.2. The van der Waals surface area contributed by atoms with Gasteiger partial charge in [-0.05, 0) is 36.6 Å². The number of carbonyl (C=O) groups excluding carboxylic acids is 1. The molecule has 0 spiro atoms. The van der Waals surface area contributed by atoms with Crippen LogP contribution in [0, 0.1) is 0 Å². The van der Waals surface area contributed by atoms with Gasteiger partial charge >= 0.3 is 0 Å². The Morgan fingerprint density at radius 3 is 2.90 bits per heavy atom. The fourth-order valence-corrected chi connectivity index (χ4v) is 3.70. The van der Waals surface area contributed by atoms with Crippen molar-refractivity contribution in [1.29, 1.82) is 0 Å². The number of aromatic nitrogens is 2. The van der Waals surface area contributed by atoms with Gasteiger partial charge in [0.1, 0.15) is 18.2 Å². The first kappa shape index (κ1) is 20.7. The second-order valence-electron chi connectivity index (χ2n) is 6.98. The molecule has 1 aromatic heterocycles. The second kappa shape index (κ2) is 9.51. The molecule has 1 aliphatic rings. The Labute approximate surface area is 184 Å². The molecule has 4 rings (SSSR count). The van der Waals surface area contributed by atoms with E-state index in [0.29, 0.717) is 40.3 Å². The highest BCUT2D eigenvalue weighted by atomic mass is 35.5. The number of hydrogen-bond acceptors (Lipinski definition) is 4. The SMILES string of the molecule is O=C(Nc1ccnn1Cc1cccc(Cl)c1Cl)c1ccccc1OC[C@H]1CCCO1. The molecule has 0 aliphatic carbocycles. The van der Waals surface area contributed by atoms with Crippen LogP contribution in [-0.4, -0.2) is 35.0 Å². The van der Waals surface area contributed by atoms with Crippen molar-refractivity contribution in [3.8, 4) is 5.75 Å². The van der Waals surface area contributed by atoms with Gasteiger partial charge in [0.25, 0.3) is 5.91 Å². The molecular weight excluding hydrogens is 425 g/mol. The van der Waals surface area contributed by atoms with E-state index >= 15 is 0 Å². The Bertz CT molecular complexity index is 1030. The highest BCUT2D eigenvalue weighted by Crippen LogP contribution is 2.27. The van der Waals surface area contributed by atoms with Crippen molar-refractivity contribution < 1.29 is 14.3 Å². The number of hydrogen-bond donors (Lipinski definition) is 1. The van der Waals surface area contributed by atoms with Gasteiger partial charge in [0.15, 0.2) is 0 Å². The Morgan fingerprint density at radius 1 is 1.20 bits per heavy atom. The van der Waals surface area contributed by atoms with E-state index in [1.807, 2.05) is 18.2 Å². The average molecular weight is 446 g/mol. The molecule has 1 N–H and O–H groups in total. The van der Waals surface area contributed by atoms with Crippen molar-refractivity contribution in [2.45, 2.75) is 25.5 Å².